The third kappa shape index (κ3) is 3.36. The molecule has 5 heteroatoms. The molecule has 0 aliphatic rings. The zero-order valence-corrected chi connectivity index (χ0v) is 13.1. The smallest absolute Gasteiger partial charge is 0.129 e. The van der Waals surface area contributed by atoms with Gasteiger partial charge in [0.2, 0.25) is 0 Å². The Bertz CT molecular complexity index is 607. The predicted octanol–water partition coefficient (Wildman–Crippen LogP) is 4.60. The number of oxime groups is 1. The van der Waals surface area contributed by atoms with Crippen LogP contribution in [0.1, 0.15) is 22.9 Å². The first-order chi connectivity index (χ1) is 9.11. The van der Waals surface area contributed by atoms with Crippen molar-refractivity contribution < 1.29 is 9.94 Å². The molecule has 3 nitrogen and oxygen atoms in total. The van der Waals surface area contributed by atoms with Gasteiger partial charge in [-0.25, -0.2) is 0 Å². The van der Waals surface area contributed by atoms with Crippen LogP contribution in [0.5, 0.6) is 5.75 Å². The number of ether oxygens (including phenoxy) is 1. The molecule has 1 aromatic heterocycles. The SMILES string of the molecule is C/C(=N/O)c1cc(C)ccc1OCc1sccc1Br. The van der Waals surface area contributed by atoms with E-state index >= 15 is 0 Å². The largest absolute Gasteiger partial charge is 0.487 e. The third-order valence-corrected chi connectivity index (χ3v) is 4.62. The number of rotatable bonds is 4. The fourth-order valence-electron chi connectivity index (χ4n) is 1.68. The Morgan fingerprint density at radius 1 is 1.42 bits per heavy atom. The topological polar surface area (TPSA) is 41.8 Å². The monoisotopic (exact) mass is 339 g/mol. The Morgan fingerprint density at radius 3 is 2.84 bits per heavy atom. The molecule has 0 saturated carbocycles. The van der Waals surface area contributed by atoms with Crippen LogP contribution in [0.25, 0.3) is 0 Å². The molecule has 0 fully saturated rings. The van der Waals surface area contributed by atoms with Crippen molar-refractivity contribution in [2.75, 3.05) is 0 Å². The first-order valence-electron chi connectivity index (χ1n) is 5.76. The molecule has 0 spiro atoms. The van der Waals surface area contributed by atoms with Crippen molar-refractivity contribution >= 4 is 33.0 Å². The minimum absolute atomic E-state index is 0.493. The highest BCUT2D eigenvalue weighted by molar-refractivity contribution is 9.10. The molecular weight excluding hydrogens is 326 g/mol. The van der Waals surface area contributed by atoms with Gasteiger partial charge in [0.25, 0.3) is 0 Å². The minimum atomic E-state index is 0.493. The van der Waals surface area contributed by atoms with E-state index in [1.54, 1.807) is 18.3 Å². The van der Waals surface area contributed by atoms with Gasteiger partial charge in [0.1, 0.15) is 12.4 Å². The fraction of sp³-hybridized carbons (Fsp3) is 0.214. The van der Waals surface area contributed by atoms with Gasteiger partial charge in [0.05, 0.1) is 10.6 Å². The molecular formula is C14H14BrNO2S. The molecule has 2 rings (SSSR count). The van der Waals surface area contributed by atoms with Crippen molar-refractivity contribution in [1.29, 1.82) is 0 Å². The predicted molar refractivity (Wildman–Crippen MR) is 81.5 cm³/mol. The van der Waals surface area contributed by atoms with Crippen LogP contribution in [0.3, 0.4) is 0 Å². The van der Waals surface area contributed by atoms with E-state index in [9.17, 15) is 0 Å². The Hall–Kier alpha value is -1.33. The van der Waals surface area contributed by atoms with Crippen LogP contribution < -0.4 is 4.74 Å². The highest BCUT2D eigenvalue weighted by atomic mass is 79.9. The van der Waals surface area contributed by atoms with E-state index < -0.39 is 0 Å². The zero-order valence-electron chi connectivity index (χ0n) is 10.7. The molecule has 0 aliphatic heterocycles. The van der Waals surface area contributed by atoms with E-state index in [-0.39, 0.29) is 0 Å². The lowest BCUT2D eigenvalue weighted by atomic mass is 10.1. The van der Waals surface area contributed by atoms with Crippen LogP contribution in [0.2, 0.25) is 0 Å². The van der Waals surface area contributed by atoms with Gasteiger partial charge in [0.15, 0.2) is 0 Å². The van der Waals surface area contributed by atoms with E-state index in [1.165, 1.54) is 0 Å². The summed E-state index contributed by atoms with van der Waals surface area (Å²) in [5, 5.41) is 14.2. The molecule has 1 aromatic carbocycles. The first kappa shape index (κ1) is 14.1. The van der Waals surface area contributed by atoms with E-state index in [2.05, 4.69) is 21.1 Å². The summed E-state index contributed by atoms with van der Waals surface area (Å²) in [7, 11) is 0. The molecule has 0 atom stereocenters. The average Bonchev–Trinajstić information content (AvgIpc) is 2.82. The molecule has 1 heterocycles. The number of nitrogens with zero attached hydrogens (tertiary/aromatic N) is 1. The molecule has 0 radical (unpaired) electrons. The van der Waals surface area contributed by atoms with Gasteiger partial charge in [0, 0.05) is 10.0 Å². The highest BCUT2D eigenvalue weighted by Gasteiger charge is 2.09. The van der Waals surface area contributed by atoms with Crippen molar-refractivity contribution in [3.05, 3.63) is 50.1 Å². The number of thiophene rings is 1. The second-order valence-corrected chi connectivity index (χ2v) is 6.02. The van der Waals surface area contributed by atoms with Crippen molar-refractivity contribution in [2.24, 2.45) is 5.16 Å². The van der Waals surface area contributed by atoms with Gasteiger partial charge >= 0.3 is 0 Å². The number of hydrogen-bond acceptors (Lipinski definition) is 4. The molecule has 0 amide bonds. The quantitative estimate of drug-likeness (QED) is 0.502. The molecule has 2 aromatic rings. The first-order valence-corrected chi connectivity index (χ1v) is 7.43. The lowest BCUT2D eigenvalue weighted by molar-refractivity contribution is 0.305. The number of aryl methyl sites for hydroxylation is 1. The van der Waals surface area contributed by atoms with Crippen LogP contribution >= 0.6 is 27.3 Å². The molecule has 0 aliphatic carbocycles. The summed E-state index contributed by atoms with van der Waals surface area (Å²) >= 11 is 5.12. The molecule has 0 saturated heterocycles. The maximum absolute atomic E-state index is 8.93. The molecule has 0 bridgehead atoms. The Kier molecular flexibility index (Phi) is 4.61. The maximum Gasteiger partial charge on any atom is 0.129 e. The second-order valence-electron chi connectivity index (χ2n) is 4.17. The normalized spacial score (nSPS) is 11.6. The summed E-state index contributed by atoms with van der Waals surface area (Å²) in [4.78, 5) is 1.13. The van der Waals surface area contributed by atoms with E-state index in [4.69, 9.17) is 9.94 Å². The van der Waals surface area contributed by atoms with E-state index in [0.717, 1.165) is 26.2 Å². The summed E-state index contributed by atoms with van der Waals surface area (Å²) in [6.07, 6.45) is 0. The number of halogens is 1. The zero-order chi connectivity index (χ0) is 13.8. The Labute approximate surface area is 124 Å². The minimum Gasteiger partial charge on any atom is -0.487 e. The van der Waals surface area contributed by atoms with Crippen LogP contribution in [0.4, 0.5) is 0 Å². The van der Waals surface area contributed by atoms with Crippen molar-refractivity contribution in [3.8, 4) is 5.75 Å². The Balaban J connectivity index is 2.23. The van der Waals surface area contributed by atoms with Crippen molar-refractivity contribution in [2.45, 2.75) is 20.5 Å². The van der Waals surface area contributed by atoms with Gasteiger partial charge in [-0.1, -0.05) is 16.8 Å². The summed E-state index contributed by atoms with van der Waals surface area (Å²) in [5.41, 5.74) is 2.46. The van der Waals surface area contributed by atoms with Gasteiger partial charge in [-0.2, -0.15) is 0 Å². The second kappa shape index (κ2) is 6.21. The summed E-state index contributed by atoms with van der Waals surface area (Å²) in [5.74, 6) is 0.723. The summed E-state index contributed by atoms with van der Waals surface area (Å²) in [6, 6.07) is 7.83. The Morgan fingerprint density at radius 2 is 2.21 bits per heavy atom. The number of benzene rings is 1. The lowest BCUT2D eigenvalue weighted by Gasteiger charge is -2.11. The third-order valence-electron chi connectivity index (χ3n) is 2.72. The van der Waals surface area contributed by atoms with Gasteiger partial charge in [-0.05, 0) is 53.4 Å². The number of hydrogen-bond donors (Lipinski definition) is 1. The maximum atomic E-state index is 8.93. The van der Waals surface area contributed by atoms with Gasteiger partial charge < -0.3 is 9.94 Å². The molecule has 19 heavy (non-hydrogen) atoms. The van der Waals surface area contributed by atoms with Crippen LogP contribution in [0.15, 0.2) is 39.3 Å². The summed E-state index contributed by atoms with van der Waals surface area (Å²) < 4.78 is 6.88. The van der Waals surface area contributed by atoms with E-state index in [0.29, 0.717) is 12.3 Å². The van der Waals surface area contributed by atoms with Gasteiger partial charge in [-0.15, -0.1) is 11.3 Å². The summed E-state index contributed by atoms with van der Waals surface area (Å²) in [6.45, 7) is 4.24. The van der Waals surface area contributed by atoms with E-state index in [1.807, 2.05) is 36.6 Å². The van der Waals surface area contributed by atoms with Crippen LogP contribution in [-0.2, 0) is 6.61 Å². The van der Waals surface area contributed by atoms with Crippen molar-refractivity contribution in [3.63, 3.8) is 0 Å². The lowest BCUT2D eigenvalue weighted by Crippen LogP contribution is -2.02. The molecule has 1 N–H and O–H groups in total. The fourth-order valence-corrected chi connectivity index (χ4v) is 3.06. The molecule has 100 valence electrons. The average molecular weight is 340 g/mol. The van der Waals surface area contributed by atoms with Crippen LogP contribution in [-0.4, -0.2) is 10.9 Å². The standard InChI is InChI=1S/C14H14BrNO2S/c1-9-3-4-13(11(7-9)10(2)16-17)18-8-14-12(15)5-6-19-14/h3-7,17H,8H2,1-2H3/b16-10-. The van der Waals surface area contributed by atoms with Gasteiger partial charge in [-0.3, -0.25) is 0 Å². The van der Waals surface area contributed by atoms with Crippen LogP contribution in [0, 0.1) is 6.92 Å². The molecule has 0 unspecified atom stereocenters. The van der Waals surface area contributed by atoms with Crippen molar-refractivity contribution in [1.82, 2.24) is 0 Å². The highest BCUT2D eigenvalue weighted by Crippen LogP contribution is 2.26.